The molecule has 3 aromatic rings. The van der Waals surface area contributed by atoms with Gasteiger partial charge < -0.3 is 4.57 Å². The van der Waals surface area contributed by atoms with E-state index in [9.17, 15) is 4.79 Å². The first-order chi connectivity index (χ1) is 11.3. The molecule has 23 heavy (non-hydrogen) atoms. The maximum Gasteiger partial charge on any atom is 0.272 e. The van der Waals surface area contributed by atoms with Crippen LogP contribution in [-0.4, -0.2) is 10.5 Å². The molecular weight excluding hydrogens is 304 g/mol. The van der Waals surface area contributed by atoms with Crippen LogP contribution in [0.1, 0.15) is 5.56 Å². The highest BCUT2D eigenvalue weighted by molar-refractivity contribution is 7.16. The van der Waals surface area contributed by atoms with Crippen LogP contribution in [0.3, 0.4) is 0 Å². The predicted molar refractivity (Wildman–Crippen MR) is 94.7 cm³/mol. The Balaban J connectivity index is 1.97. The Bertz CT molecular complexity index is 972. The van der Waals surface area contributed by atoms with Crippen molar-refractivity contribution in [3.05, 3.63) is 71.0 Å². The Morgan fingerprint density at radius 2 is 1.91 bits per heavy atom. The number of terminal acetylenes is 1. The minimum absolute atomic E-state index is 0.300. The smallest absolute Gasteiger partial charge is 0.272 e. The van der Waals surface area contributed by atoms with Crippen LogP contribution in [0, 0.1) is 12.3 Å². The number of benzene rings is 2. The summed E-state index contributed by atoms with van der Waals surface area (Å²) >= 11 is 1.46. The molecule has 0 atom stereocenters. The number of fused-ring (bicyclic) bond motifs is 1. The van der Waals surface area contributed by atoms with Gasteiger partial charge in [0.15, 0.2) is 4.80 Å². The van der Waals surface area contributed by atoms with Crippen LogP contribution in [0.15, 0.2) is 65.7 Å². The summed E-state index contributed by atoms with van der Waals surface area (Å²) in [5, 5.41) is 0. The average molecular weight is 318 g/mol. The Kier molecular flexibility index (Phi) is 4.51. The van der Waals surface area contributed by atoms with Crippen LogP contribution in [0.25, 0.3) is 16.3 Å². The quantitative estimate of drug-likeness (QED) is 0.538. The SMILES string of the molecule is C#CCn1c(=NC(=O)/C=C/c2ccccc2)sc2ccccc21. The first kappa shape index (κ1) is 15.0. The first-order valence-corrected chi connectivity index (χ1v) is 7.93. The fourth-order valence-electron chi connectivity index (χ4n) is 2.21. The molecule has 1 aromatic heterocycles. The van der Waals surface area contributed by atoms with Gasteiger partial charge in [-0.2, -0.15) is 4.99 Å². The summed E-state index contributed by atoms with van der Waals surface area (Å²) in [6, 6.07) is 17.5. The minimum Gasteiger partial charge on any atom is -0.305 e. The topological polar surface area (TPSA) is 34.4 Å². The third kappa shape index (κ3) is 3.47. The van der Waals surface area contributed by atoms with E-state index in [2.05, 4.69) is 10.9 Å². The molecule has 0 spiro atoms. The molecule has 0 aliphatic heterocycles. The second kappa shape index (κ2) is 6.91. The van der Waals surface area contributed by atoms with Crippen molar-refractivity contribution in [3.63, 3.8) is 0 Å². The molecule has 1 amide bonds. The summed E-state index contributed by atoms with van der Waals surface area (Å²) in [5.74, 6) is 2.31. The summed E-state index contributed by atoms with van der Waals surface area (Å²) in [4.78, 5) is 16.9. The average Bonchev–Trinajstić information content (AvgIpc) is 2.92. The lowest BCUT2D eigenvalue weighted by Crippen LogP contribution is -2.15. The van der Waals surface area contributed by atoms with Gasteiger partial charge in [-0.05, 0) is 23.8 Å². The largest absolute Gasteiger partial charge is 0.305 e. The van der Waals surface area contributed by atoms with Crippen molar-refractivity contribution < 1.29 is 4.79 Å². The fourth-order valence-corrected chi connectivity index (χ4v) is 3.25. The van der Waals surface area contributed by atoms with Gasteiger partial charge in [-0.25, -0.2) is 0 Å². The van der Waals surface area contributed by atoms with E-state index in [0.29, 0.717) is 11.3 Å². The summed E-state index contributed by atoms with van der Waals surface area (Å²) in [5.41, 5.74) is 1.96. The molecule has 3 rings (SSSR count). The van der Waals surface area contributed by atoms with E-state index in [-0.39, 0.29) is 5.91 Å². The minimum atomic E-state index is -0.300. The zero-order valence-corrected chi connectivity index (χ0v) is 13.2. The zero-order valence-electron chi connectivity index (χ0n) is 12.3. The molecule has 0 aliphatic rings. The molecule has 0 saturated heterocycles. The molecule has 0 N–H and O–H groups in total. The van der Waals surface area contributed by atoms with Crippen LogP contribution in [0.2, 0.25) is 0 Å². The van der Waals surface area contributed by atoms with Crippen LogP contribution in [0.4, 0.5) is 0 Å². The van der Waals surface area contributed by atoms with E-state index >= 15 is 0 Å². The highest BCUT2D eigenvalue weighted by Crippen LogP contribution is 2.16. The van der Waals surface area contributed by atoms with Crippen molar-refractivity contribution in [2.75, 3.05) is 0 Å². The number of aromatic nitrogens is 1. The Hall–Kier alpha value is -2.90. The highest BCUT2D eigenvalue weighted by atomic mass is 32.1. The molecule has 0 aliphatic carbocycles. The summed E-state index contributed by atoms with van der Waals surface area (Å²) in [6.07, 6.45) is 8.67. The van der Waals surface area contributed by atoms with Gasteiger partial charge in [-0.3, -0.25) is 4.79 Å². The number of hydrogen-bond donors (Lipinski definition) is 0. The highest BCUT2D eigenvalue weighted by Gasteiger charge is 2.05. The van der Waals surface area contributed by atoms with Crippen LogP contribution < -0.4 is 4.80 Å². The number of rotatable bonds is 3. The molecule has 0 unspecified atom stereocenters. The lowest BCUT2D eigenvalue weighted by atomic mass is 10.2. The molecular formula is C19H14N2OS. The van der Waals surface area contributed by atoms with Crippen LogP contribution in [-0.2, 0) is 11.3 Å². The summed E-state index contributed by atoms with van der Waals surface area (Å²) in [7, 11) is 0. The van der Waals surface area contributed by atoms with Crippen LogP contribution in [0.5, 0.6) is 0 Å². The monoisotopic (exact) mass is 318 g/mol. The van der Waals surface area contributed by atoms with E-state index in [4.69, 9.17) is 6.42 Å². The summed E-state index contributed by atoms with van der Waals surface area (Å²) in [6.45, 7) is 0.387. The van der Waals surface area contributed by atoms with Crippen molar-refractivity contribution in [3.8, 4) is 12.3 Å². The van der Waals surface area contributed by atoms with Gasteiger partial charge in [0.05, 0.1) is 16.8 Å². The summed E-state index contributed by atoms with van der Waals surface area (Å²) < 4.78 is 2.94. The molecule has 0 saturated carbocycles. The number of para-hydroxylation sites is 1. The zero-order chi connectivity index (χ0) is 16.1. The van der Waals surface area contributed by atoms with E-state index in [1.807, 2.05) is 59.2 Å². The second-order valence-electron chi connectivity index (χ2n) is 4.84. The maximum atomic E-state index is 12.1. The maximum absolute atomic E-state index is 12.1. The van der Waals surface area contributed by atoms with Gasteiger partial charge in [0.1, 0.15) is 0 Å². The predicted octanol–water partition coefficient (Wildman–Crippen LogP) is 3.48. The van der Waals surface area contributed by atoms with E-state index in [1.54, 1.807) is 6.08 Å². The molecule has 0 bridgehead atoms. The van der Waals surface area contributed by atoms with E-state index in [0.717, 1.165) is 15.8 Å². The number of carbonyl (C=O) groups is 1. The molecule has 112 valence electrons. The molecule has 2 aromatic carbocycles. The van der Waals surface area contributed by atoms with Crippen molar-refractivity contribution in [1.29, 1.82) is 0 Å². The van der Waals surface area contributed by atoms with Gasteiger partial charge >= 0.3 is 0 Å². The van der Waals surface area contributed by atoms with Crippen LogP contribution >= 0.6 is 11.3 Å². The number of carbonyl (C=O) groups excluding carboxylic acids is 1. The fraction of sp³-hybridized carbons (Fsp3) is 0.0526. The number of nitrogens with zero attached hydrogens (tertiary/aromatic N) is 2. The normalized spacial score (nSPS) is 11.9. The lowest BCUT2D eigenvalue weighted by molar-refractivity contribution is -0.113. The van der Waals surface area contributed by atoms with E-state index in [1.165, 1.54) is 17.4 Å². The number of hydrogen-bond acceptors (Lipinski definition) is 2. The Morgan fingerprint density at radius 3 is 2.70 bits per heavy atom. The van der Waals surface area contributed by atoms with Gasteiger partial charge in [0.25, 0.3) is 5.91 Å². The number of thiazole rings is 1. The van der Waals surface area contributed by atoms with E-state index < -0.39 is 0 Å². The van der Waals surface area contributed by atoms with Gasteiger partial charge in [-0.15, -0.1) is 6.42 Å². The molecule has 3 nitrogen and oxygen atoms in total. The molecule has 4 heteroatoms. The Morgan fingerprint density at radius 1 is 1.17 bits per heavy atom. The van der Waals surface area contributed by atoms with Crippen molar-refractivity contribution in [2.45, 2.75) is 6.54 Å². The first-order valence-electron chi connectivity index (χ1n) is 7.11. The molecule has 1 heterocycles. The van der Waals surface area contributed by atoms with Gasteiger partial charge in [0.2, 0.25) is 0 Å². The van der Waals surface area contributed by atoms with Crippen molar-refractivity contribution >= 4 is 33.5 Å². The molecule has 0 radical (unpaired) electrons. The molecule has 0 fully saturated rings. The van der Waals surface area contributed by atoms with Crippen molar-refractivity contribution in [2.24, 2.45) is 4.99 Å². The Labute approximate surface area is 138 Å². The second-order valence-corrected chi connectivity index (χ2v) is 5.85. The van der Waals surface area contributed by atoms with Gasteiger partial charge in [0, 0.05) is 6.08 Å². The lowest BCUT2D eigenvalue weighted by Gasteiger charge is -1.98. The van der Waals surface area contributed by atoms with Gasteiger partial charge in [-0.1, -0.05) is 59.7 Å². The van der Waals surface area contributed by atoms with Crippen molar-refractivity contribution in [1.82, 2.24) is 4.57 Å². The third-order valence-corrected chi connectivity index (χ3v) is 4.32. The third-order valence-electron chi connectivity index (χ3n) is 3.26. The standard InChI is InChI=1S/C19H14N2OS/c1-2-14-21-16-10-6-7-11-17(16)23-19(21)20-18(22)13-12-15-8-4-3-5-9-15/h1,3-13H,14H2/b13-12+,20-19?. The number of amides is 1.